The smallest absolute Gasteiger partial charge is 0.123 e. The second-order valence-electron chi connectivity index (χ2n) is 4.60. The van der Waals surface area contributed by atoms with Crippen molar-refractivity contribution in [3.05, 3.63) is 40.7 Å². The number of hydrogen-bond acceptors (Lipinski definition) is 0. The molecule has 0 spiro atoms. The number of benzene rings is 1. The molecule has 1 heteroatoms. The normalized spacial score (nSPS) is 14.5. The maximum absolute atomic E-state index is 13.1. The summed E-state index contributed by atoms with van der Waals surface area (Å²) in [6, 6.07) is 5.15. The van der Waals surface area contributed by atoms with E-state index in [4.69, 9.17) is 0 Å². The fraction of sp³-hybridized carbons (Fsp3) is 0.467. The fourth-order valence-electron chi connectivity index (χ4n) is 2.31. The standard InChI is InChI=1S/C15H19F/c1-2-3-4-5-12-6-7-13-8-9-15(16)11-14(13)10-12/h8-11H,2-7H2,1H3. The summed E-state index contributed by atoms with van der Waals surface area (Å²) in [5.74, 6) is -0.121. The summed E-state index contributed by atoms with van der Waals surface area (Å²) in [5, 5.41) is 0. The van der Waals surface area contributed by atoms with Crippen molar-refractivity contribution in [1.29, 1.82) is 0 Å². The molecule has 0 radical (unpaired) electrons. The van der Waals surface area contributed by atoms with Gasteiger partial charge in [-0.25, -0.2) is 4.39 Å². The van der Waals surface area contributed by atoms with Gasteiger partial charge in [0.05, 0.1) is 0 Å². The molecule has 16 heavy (non-hydrogen) atoms. The topological polar surface area (TPSA) is 0 Å². The number of fused-ring (bicyclic) bond motifs is 1. The van der Waals surface area contributed by atoms with Crippen molar-refractivity contribution in [3.8, 4) is 0 Å². The third-order valence-corrected chi connectivity index (χ3v) is 3.28. The van der Waals surface area contributed by atoms with E-state index < -0.39 is 0 Å². The van der Waals surface area contributed by atoms with Gasteiger partial charge in [0, 0.05) is 0 Å². The van der Waals surface area contributed by atoms with E-state index in [1.165, 1.54) is 36.8 Å². The van der Waals surface area contributed by atoms with Gasteiger partial charge in [0.15, 0.2) is 0 Å². The number of rotatable bonds is 4. The van der Waals surface area contributed by atoms with E-state index in [2.05, 4.69) is 13.0 Å². The van der Waals surface area contributed by atoms with Crippen LogP contribution in [0.2, 0.25) is 0 Å². The Bertz CT molecular complexity index is 390. The number of unbranched alkanes of at least 4 members (excludes halogenated alkanes) is 2. The molecule has 0 amide bonds. The Balaban J connectivity index is 2.08. The lowest BCUT2D eigenvalue weighted by Crippen LogP contribution is -2.00. The Kier molecular flexibility index (Phi) is 3.76. The highest BCUT2D eigenvalue weighted by molar-refractivity contribution is 5.59. The predicted octanol–water partition coefficient (Wildman–Crippen LogP) is 4.74. The molecule has 0 N–H and O–H groups in total. The van der Waals surface area contributed by atoms with Crippen LogP contribution in [-0.4, -0.2) is 0 Å². The lowest BCUT2D eigenvalue weighted by atomic mass is 9.90. The monoisotopic (exact) mass is 218 g/mol. The minimum Gasteiger partial charge on any atom is -0.207 e. The second kappa shape index (κ2) is 5.29. The Hall–Kier alpha value is -1.11. The molecule has 86 valence electrons. The Morgan fingerprint density at radius 3 is 2.88 bits per heavy atom. The summed E-state index contributed by atoms with van der Waals surface area (Å²) < 4.78 is 13.1. The van der Waals surface area contributed by atoms with Crippen LogP contribution in [0, 0.1) is 5.82 Å². The quantitative estimate of drug-likeness (QED) is 0.640. The van der Waals surface area contributed by atoms with Gasteiger partial charge in [-0.2, -0.15) is 0 Å². The molecule has 0 heterocycles. The van der Waals surface area contributed by atoms with Crippen molar-refractivity contribution in [2.24, 2.45) is 0 Å². The van der Waals surface area contributed by atoms with Gasteiger partial charge in [0.1, 0.15) is 5.82 Å². The predicted molar refractivity (Wildman–Crippen MR) is 66.8 cm³/mol. The van der Waals surface area contributed by atoms with E-state index >= 15 is 0 Å². The van der Waals surface area contributed by atoms with Gasteiger partial charge in [0.2, 0.25) is 0 Å². The zero-order valence-corrected chi connectivity index (χ0v) is 9.93. The largest absolute Gasteiger partial charge is 0.207 e. The van der Waals surface area contributed by atoms with E-state index in [1.54, 1.807) is 12.1 Å². The Labute approximate surface area is 97.2 Å². The molecule has 2 rings (SSSR count). The second-order valence-corrected chi connectivity index (χ2v) is 4.60. The van der Waals surface area contributed by atoms with Gasteiger partial charge in [-0.3, -0.25) is 0 Å². The molecule has 1 aromatic carbocycles. The van der Waals surface area contributed by atoms with E-state index in [-0.39, 0.29) is 5.82 Å². The minimum absolute atomic E-state index is 0.121. The number of aryl methyl sites for hydroxylation is 1. The van der Waals surface area contributed by atoms with Crippen LogP contribution >= 0.6 is 0 Å². The average Bonchev–Trinajstić information content (AvgIpc) is 2.29. The van der Waals surface area contributed by atoms with Crippen LogP contribution < -0.4 is 0 Å². The first-order valence-corrected chi connectivity index (χ1v) is 6.27. The molecular formula is C15H19F. The summed E-state index contributed by atoms with van der Waals surface area (Å²) in [4.78, 5) is 0. The molecule has 0 saturated heterocycles. The van der Waals surface area contributed by atoms with Crippen molar-refractivity contribution in [3.63, 3.8) is 0 Å². The molecule has 0 bridgehead atoms. The van der Waals surface area contributed by atoms with Gasteiger partial charge < -0.3 is 0 Å². The maximum Gasteiger partial charge on any atom is 0.123 e. The van der Waals surface area contributed by atoms with E-state index in [0.29, 0.717) is 0 Å². The first kappa shape index (κ1) is 11.4. The third-order valence-electron chi connectivity index (χ3n) is 3.28. The van der Waals surface area contributed by atoms with Crippen LogP contribution in [0.1, 0.15) is 50.2 Å². The van der Waals surface area contributed by atoms with Crippen molar-refractivity contribution in [2.45, 2.75) is 45.4 Å². The fourth-order valence-corrected chi connectivity index (χ4v) is 2.31. The molecule has 1 aliphatic carbocycles. The van der Waals surface area contributed by atoms with Crippen LogP contribution in [0.5, 0.6) is 0 Å². The minimum atomic E-state index is -0.121. The molecule has 0 saturated carbocycles. The van der Waals surface area contributed by atoms with Crippen LogP contribution in [0.3, 0.4) is 0 Å². The summed E-state index contributed by atoms with van der Waals surface area (Å²) in [6.45, 7) is 2.22. The third kappa shape index (κ3) is 2.72. The molecule has 0 nitrogen and oxygen atoms in total. The van der Waals surface area contributed by atoms with Gasteiger partial charge in [-0.15, -0.1) is 0 Å². The summed E-state index contributed by atoms with van der Waals surface area (Å²) in [7, 11) is 0. The highest BCUT2D eigenvalue weighted by atomic mass is 19.1. The van der Waals surface area contributed by atoms with E-state index in [9.17, 15) is 4.39 Å². The van der Waals surface area contributed by atoms with Crippen LogP contribution in [-0.2, 0) is 6.42 Å². The van der Waals surface area contributed by atoms with Gasteiger partial charge in [-0.1, -0.05) is 37.5 Å². The van der Waals surface area contributed by atoms with Crippen molar-refractivity contribution in [1.82, 2.24) is 0 Å². The number of allylic oxidation sites excluding steroid dienone is 1. The van der Waals surface area contributed by atoms with Crippen molar-refractivity contribution in [2.75, 3.05) is 0 Å². The molecule has 0 unspecified atom stereocenters. The maximum atomic E-state index is 13.1. The number of halogens is 1. The highest BCUT2D eigenvalue weighted by Gasteiger charge is 2.10. The molecule has 0 fully saturated rings. The Morgan fingerprint density at radius 2 is 2.06 bits per heavy atom. The molecule has 0 aromatic heterocycles. The highest BCUT2D eigenvalue weighted by Crippen LogP contribution is 2.27. The molecule has 0 aliphatic heterocycles. The number of hydrogen-bond donors (Lipinski definition) is 0. The lowest BCUT2D eigenvalue weighted by Gasteiger charge is -2.16. The zero-order chi connectivity index (χ0) is 11.4. The molecular weight excluding hydrogens is 199 g/mol. The average molecular weight is 218 g/mol. The lowest BCUT2D eigenvalue weighted by molar-refractivity contribution is 0.625. The molecule has 1 aromatic rings. The Morgan fingerprint density at radius 1 is 1.19 bits per heavy atom. The summed E-state index contributed by atoms with van der Waals surface area (Å²) in [6.07, 6.45) is 9.44. The summed E-state index contributed by atoms with van der Waals surface area (Å²) in [5.41, 5.74) is 3.88. The van der Waals surface area contributed by atoms with Crippen LogP contribution in [0.4, 0.5) is 4.39 Å². The van der Waals surface area contributed by atoms with E-state index in [0.717, 1.165) is 18.4 Å². The first-order valence-electron chi connectivity index (χ1n) is 6.27. The van der Waals surface area contributed by atoms with Gasteiger partial charge in [0.25, 0.3) is 0 Å². The SMILES string of the molecule is CCCCCC1=Cc2cc(F)ccc2CC1. The van der Waals surface area contributed by atoms with Gasteiger partial charge in [-0.05, 0) is 48.9 Å². The molecule has 1 aliphatic rings. The van der Waals surface area contributed by atoms with E-state index in [1.807, 2.05) is 6.07 Å². The van der Waals surface area contributed by atoms with Crippen molar-refractivity contribution >= 4 is 6.08 Å². The summed E-state index contributed by atoms with van der Waals surface area (Å²) >= 11 is 0. The van der Waals surface area contributed by atoms with Crippen LogP contribution in [0.25, 0.3) is 6.08 Å². The first-order chi connectivity index (χ1) is 7.79. The van der Waals surface area contributed by atoms with Crippen molar-refractivity contribution < 1.29 is 4.39 Å². The van der Waals surface area contributed by atoms with Crippen LogP contribution in [0.15, 0.2) is 23.8 Å². The van der Waals surface area contributed by atoms with Gasteiger partial charge >= 0.3 is 0 Å². The zero-order valence-electron chi connectivity index (χ0n) is 9.93. The molecule has 0 atom stereocenters.